The third-order valence-corrected chi connectivity index (χ3v) is 7.36. The van der Waals surface area contributed by atoms with E-state index in [-0.39, 0.29) is 0 Å². The Bertz CT molecular complexity index is 1620. The molecule has 10 heteroatoms. The number of likely N-dealkylation sites (N-methyl/N-ethyl adjacent to an activating group) is 1. The van der Waals surface area contributed by atoms with E-state index in [2.05, 4.69) is 81.4 Å². The third kappa shape index (κ3) is 7.63. The van der Waals surface area contributed by atoms with E-state index in [4.69, 9.17) is 14.6 Å². The van der Waals surface area contributed by atoms with Gasteiger partial charge in [-0.1, -0.05) is 60.4 Å². The zero-order valence-electron chi connectivity index (χ0n) is 23.6. The van der Waals surface area contributed by atoms with Crippen LogP contribution >= 0.6 is 0 Å². The molecule has 2 heterocycles. The van der Waals surface area contributed by atoms with Crippen molar-refractivity contribution in [2.75, 3.05) is 39.8 Å². The number of hydrogen-bond acceptors (Lipinski definition) is 5. The van der Waals surface area contributed by atoms with Gasteiger partial charge < -0.3 is 14.7 Å². The summed E-state index contributed by atoms with van der Waals surface area (Å²) in [6.45, 7) is 5.97. The zero-order chi connectivity index (χ0) is 30.4. The number of H-pyrrole nitrogens is 1. The van der Waals surface area contributed by atoms with E-state index in [0.29, 0.717) is 6.61 Å². The van der Waals surface area contributed by atoms with Gasteiger partial charge in [-0.2, -0.15) is 18.3 Å². The number of para-hydroxylation sites is 1. The van der Waals surface area contributed by atoms with Crippen molar-refractivity contribution >= 4 is 5.97 Å². The number of benzene rings is 3. The summed E-state index contributed by atoms with van der Waals surface area (Å²) < 4.78 is 37.4. The second-order valence-electron chi connectivity index (χ2n) is 10.5. The minimum atomic E-state index is -5.08. The molecule has 2 N–H and O–H groups in total. The first kappa shape index (κ1) is 29.9. The molecule has 7 nitrogen and oxygen atoms in total. The van der Waals surface area contributed by atoms with Crippen molar-refractivity contribution in [1.29, 1.82) is 0 Å². The van der Waals surface area contributed by atoms with Crippen molar-refractivity contribution in [2.24, 2.45) is 0 Å². The molecule has 0 atom stereocenters. The van der Waals surface area contributed by atoms with E-state index in [0.717, 1.165) is 67.4 Å². The topological polar surface area (TPSA) is 81.7 Å². The monoisotopic (exact) mass is 588 g/mol. The molecule has 43 heavy (non-hydrogen) atoms. The normalized spacial score (nSPS) is 14.5. The number of nitrogens with one attached hydrogen (secondary N) is 1. The molecule has 0 radical (unpaired) electrons. The molecule has 3 aromatic carbocycles. The Morgan fingerprint density at radius 1 is 1.02 bits per heavy atom. The van der Waals surface area contributed by atoms with Crippen LogP contribution in [0.3, 0.4) is 0 Å². The molecule has 2 aliphatic rings. The minimum absolute atomic E-state index is 0.369. The fourth-order valence-electron chi connectivity index (χ4n) is 5.07. The minimum Gasteiger partial charge on any atom is -0.481 e. The Kier molecular flexibility index (Phi) is 9.14. The highest BCUT2D eigenvalue weighted by Crippen LogP contribution is 2.40. The van der Waals surface area contributed by atoms with Crippen LogP contribution < -0.4 is 4.74 Å². The number of carboxylic acids is 1. The molecule has 1 aromatic heterocycles. The number of fused-ring (bicyclic) bond motifs is 3. The molecular weight excluding hydrogens is 557 g/mol. The largest absolute Gasteiger partial charge is 0.490 e. The van der Waals surface area contributed by atoms with Gasteiger partial charge in [0.1, 0.15) is 12.4 Å². The van der Waals surface area contributed by atoms with Crippen molar-refractivity contribution in [3.8, 4) is 40.1 Å². The number of ether oxygens (including phenoxy) is 1. The standard InChI is InChI=1S/C31H30N4O.C2HF3O2/c1-34-15-17-35(18-16-34)22-24-11-14-28-26(20-24)21-29-30(32-33-31(28)29)25-12-9-23(10-13-25)6-5-19-36-27-7-3-2-4-8-27;3-2(4,5)1(6)7/h2-4,7-14,20H,15-19,21-22H2,1H3,(H,32,33);(H,6,7). The third-order valence-electron chi connectivity index (χ3n) is 7.36. The number of carboxylic acid groups (broad SMARTS) is 1. The predicted molar refractivity (Wildman–Crippen MR) is 158 cm³/mol. The maximum absolute atomic E-state index is 10.6. The molecule has 1 aliphatic heterocycles. The maximum Gasteiger partial charge on any atom is 0.490 e. The van der Waals surface area contributed by atoms with Crippen LogP contribution in [0.4, 0.5) is 13.2 Å². The number of piperazine rings is 1. The van der Waals surface area contributed by atoms with E-state index in [9.17, 15) is 13.2 Å². The SMILES string of the molecule is CN1CCN(Cc2ccc3c(c2)Cc2c(-c4ccc(C#CCOc5ccccc5)cc4)n[nH]c2-3)CC1.O=C(O)C(F)(F)F. The number of aliphatic carboxylic acids is 1. The van der Waals surface area contributed by atoms with Crippen LogP contribution in [0.2, 0.25) is 0 Å². The van der Waals surface area contributed by atoms with Gasteiger partial charge in [-0.15, -0.1) is 0 Å². The lowest BCUT2D eigenvalue weighted by atomic mass is 10.0. The number of carbonyl (C=O) groups is 1. The fourth-order valence-corrected chi connectivity index (χ4v) is 5.07. The fraction of sp³-hybridized carbons (Fsp3) is 0.273. The van der Waals surface area contributed by atoms with Gasteiger partial charge in [-0.25, -0.2) is 4.79 Å². The first-order valence-electron chi connectivity index (χ1n) is 13.8. The summed E-state index contributed by atoms with van der Waals surface area (Å²) in [5, 5.41) is 15.1. The van der Waals surface area contributed by atoms with Gasteiger partial charge in [0.25, 0.3) is 0 Å². The first-order valence-corrected chi connectivity index (χ1v) is 13.8. The highest BCUT2D eigenvalue weighted by atomic mass is 19.4. The van der Waals surface area contributed by atoms with Crippen LogP contribution in [-0.4, -0.2) is 77.1 Å². The molecule has 0 bridgehead atoms. The lowest BCUT2D eigenvalue weighted by Gasteiger charge is -2.32. The van der Waals surface area contributed by atoms with Crippen molar-refractivity contribution in [3.63, 3.8) is 0 Å². The summed E-state index contributed by atoms with van der Waals surface area (Å²) in [6, 6.07) is 25.0. The molecule has 0 unspecified atom stereocenters. The van der Waals surface area contributed by atoms with Crippen molar-refractivity contribution in [1.82, 2.24) is 20.0 Å². The van der Waals surface area contributed by atoms with Gasteiger partial charge in [0.15, 0.2) is 0 Å². The molecule has 0 saturated carbocycles. The summed E-state index contributed by atoms with van der Waals surface area (Å²) in [7, 11) is 2.20. The summed E-state index contributed by atoms with van der Waals surface area (Å²) in [5.41, 5.74) is 9.65. The molecule has 4 aromatic rings. The lowest BCUT2D eigenvalue weighted by molar-refractivity contribution is -0.192. The van der Waals surface area contributed by atoms with Gasteiger partial charge in [0, 0.05) is 61.4 Å². The van der Waals surface area contributed by atoms with Crippen LogP contribution in [0, 0.1) is 11.8 Å². The Morgan fingerprint density at radius 2 is 1.72 bits per heavy atom. The first-order chi connectivity index (χ1) is 20.7. The van der Waals surface area contributed by atoms with Gasteiger partial charge >= 0.3 is 12.1 Å². The maximum atomic E-state index is 10.6. The molecular formula is C33H31F3N4O3. The Hall–Kier alpha value is -4.59. The van der Waals surface area contributed by atoms with E-state index >= 15 is 0 Å². The molecule has 1 aliphatic carbocycles. The highest BCUT2D eigenvalue weighted by molar-refractivity contribution is 5.81. The molecule has 1 saturated heterocycles. The molecule has 222 valence electrons. The highest BCUT2D eigenvalue weighted by Gasteiger charge is 2.38. The number of halogens is 3. The van der Waals surface area contributed by atoms with Crippen molar-refractivity contribution in [3.05, 3.63) is 95.1 Å². The van der Waals surface area contributed by atoms with Crippen LogP contribution in [0.25, 0.3) is 22.5 Å². The summed E-state index contributed by atoms with van der Waals surface area (Å²) in [5.74, 6) is 4.36. The molecule has 1 fully saturated rings. The lowest BCUT2D eigenvalue weighted by Crippen LogP contribution is -2.43. The van der Waals surface area contributed by atoms with Crippen LogP contribution in [0.15, 0.2) is 72.8 Å². The number of rotatable bonds is 5. The van der Waals surface area contributed by atoms with Crippen LogP contribution in [0.5, 0.6) is 5.75 Å². The smallest absolute Gasteiger partial charge is 0.481 e. The number of aromatic nitrogens is 2. The van der Waals surface area contributed by atoms with Crippen LogP contribution in [0.1, 0.15) is 22.3 Å². The number of nitrogens with zero attached hydrogens (tertiary/aromatic N) is 3. The van der Waals surface area contributed by atoms with Crippen molar-refractivity contribution < 1.29 is 27.8 Å². The number of aromatic amines is 1. The molecule has 6 rings (SSSR count). The summed E-state index contributed by atoms with van der Waals surface area (Å²) in [6.07, 6.45) is -4.16. The van der Waals surface area contributed by atoms with E-state index < -0.39 is 12.1 Å². The average Bonchev–Trinajstić information content (AvgIpc) is 3.56. The number of alkyl halides is 3. The van der Waals surface area contributed by atoms with Gasteiger partial charge in [0.05, 0.1) is 11.4 Å². The van der Waals surface area contributed by atoms with Gasteiger partial charge in [-0.05, 0) is 42.4 Å². The summed E-state index contributed by atoms with van der Waals surface area (Å²) >= 11 is 0. The quantitative estimate of drug-likeness (QED) is 0.266. The van der Waals surface area contributed by atoms with Crippen molar-refractivity contribution in [2.45, 2.75) is 19.1 Å². The Labute approximate surface area is 247 Å². The number of hydrogen-bond donors (Lipinski definition) is 2. The summed E-state index contributed by atoms with van der Waals surface area (Å²) in [4.78, 5) is 13.9. The Morgan fingerprint density at radius 3 is 2.40 bits per heavy atom. The van der Waals surface area contributed by atoms with Gasteiger partial charge in [-0.3, -0.25) is 10.00 Å². The second kappa shape index (κ2) is 13.2. The van der Waals surface area contributed by atoms with Crippen LogP contribution in [-0.2, 0) is 17.8 Å². The predicted octanol–water partition coefficient (Wildman–Crippen LogP) is 5.46. The molecule has 0 spiro atoms. The zero-order valence-corrected chi connectivity index (χ0v) is 23.6. The van der Waals surface area contributed by atoms with E-state index in [1.54, 1.807) is 0 Å². The average molecular weight is 589 g/mol. The second-order valence-corrected chi connectivity index (χ2v) is 10.5. The van der Waals surface area contributed by atoms with E-state index in [1.807, 2.05) is 30.3 Å². The van der Waals surface area contributed by atoms with E-state index in [1.165, 1.54) is 22.3 Å². The molecule has 0 amide bonds. The van der Waals surface area contributed by atoms with Gasteiger partial charge in [0.2, 0.25) is 0 Å². The Balaban J connectivity index is 0.000000472.